The van der Waals surface area contributed by atoms with Gasteiger partial charge < -0.3 is 14.2 Å². The van der Waals surface area contributed by atoms with Crippen LogP contribution >= 0.6 is 0 Å². The van der Waals surface area contributed by atoms with Crippen LogP contribution in [0.5, 0.6) is 0 Å². The predicted octanol–water partition coefficient (Wildman–Crippen LogP) is 3.70. The highest BCUT2D eigenvalue weighted by Crippen LogP contribution is 2.12. The summed E-state index contributed by atoms with van der Waals surface area (Å²) < 4.78 is 15.5. The summed E-state index contributed by atoms with van der Waals surface area (Å²) in [4.78, 5) is 35.0. The molecule has 0 saturated carbocycles. The SMILES string of the molecule is CCC(=O)OC1COC(=O)CCCCCCCCCCCC(=O)OC1. The fraction of sp³-hybridized carbons (Fsp3) is 0.842. The molecule has 0 aromatic rings. The van der Waals surface area contributed by atoms with Crippen molar-refractivity contribution in [2.24, 2.45) is 0 Å². The molecular formula is C19H32O6. The Morgan fingerprint density at radius 3 is 1.64 bits per heavy atom. The lowest BCUT2D eigenvalue weighted by Gasteiger charge is -2.18. The molecule has 1 fully saturated rings. The van der Waals surface area contributed by atoms with Crippen molar-refractivity contribution < 1.29 is 28.6 Å². The number of hydrogen-bond acceptors (Lipinski definition) is 6. The van der Waals surface area contributed by atoms with E-state index in [9.17, 15) is 14.4 Å². The molecule has 1 heterocycles. The maximum Gasteiger partial charge on any atom is 0.306 e. The van der Waals surface area contributed by atoms with E-state index in [1.54, 1.807) is 6.92 Å². The second kappa shape index (κ2) is 13.7. The Morgan fingerprint density at radius 2 is 1.24 bits per heavy atom. The number of rotatable bonds is 2. The molecule has 0 spiro atoms. The van der Waals surface area contributed by atoms with Crippen LogP contribution in [0.3, 0.4) is 0 Å². The molecule has 0 radical (unpaired) electrons. The van der Waals surface area contributed by atoms with Crippen molar-refractivity contribution in [1.82, 2.24) is 0 Å². The van der Waals surface area contributed by atoms with E-state index in [0.717, 1.165) is 38.5 Å². The lowest BCUT2D eigenvalue weighted by Crippen LogP contribution is -2.30. The van der Waals surface area contributed by atoms with Gasteiger partial charge in [-0.15, -0.1) is 0 Å². The van der Waals surface area contributed by atoms with Crippen LogP contribution in [-0.2, 0) is 28.6 Å². The average Bonchev–Trinajstić information content (AvgIpc) is 2.60. The molecule has 0 aliphatic carbocycles. The molecule has 1 rings (SSSR count). The van der Waals surface area contributed by atoms with Gasteiger partial charge in [-0.2, -0.15) is 0 Å². The van der Waals surface area contributed by atoms with Gasteiger partial charge in [-0.05, 0) is 12.8 Å². The Kier molecular flexibility index (Phi) is 11.7. The zero-order valence-corrected chi connectivity index (χ0v) is 15.4. The fourth-order valence-corrected chi connectivity index (χ4v) is 2.68. The molecule has 0 bridgehead atoms. The number of carbonyl (C=O) groups is 3. The minimum absolute atomic E-state index is 0.0716. The van der Waals surface area contributed by atoms with E-state index >= 15 is 0 Å². The first-order valence-electron chi connectivity index (χ1n) is 9.62. The second-order valence-electron chi connectivity index (χ2n) is 6.51. The highest BCUT2D eigenvalue weighted by atomic mass is 16.6. The topological polar surface area (TPSA) is 78.9 Å². The van der Waals surface area contributed by atoms with Gasteiger partial charge in [0.1, 0.15) is 13.2 Å². The van der Waals surface area contributed by atoms with E-state index in [0.29, 0.717) is 12.8 Å². The van der Waals surface area contributed by atoms with Crippen LogP contribution in [-0.4, -0.2) is 37.2 Å². The van der Waals surface area contributed by atoms with Gasteiger partial charge in [-0.1, -0.05) is 51.9 Å². The Labute approximate surface area is 150 Å². The van der Waals surface area contributed by atoms with Crippen LogP contribution in [0, 0.1) is 0 Å². The standard InChI is InChI=1S/C19H32O6/c1-2-17(20)25-16-14-23-18(21)12-10-8-6-4-3-5-7-9-11-13-19(22)24-15-16/h16H,2-15H2,1H3. The van der Waals surface area contributed by atoms with Crippen molar-refractivity contribution in [3.8, 4) is 0 Å². The molecule has 0 atom stereocenters. The third kappa shape index (κ3) is 11.6. The molecule has 0 aromatic heterocycles. The summed E-state index contributed by atoms with van der Waals surface area (Å²) in [7, 11) is 0. The van der Waals surface area contributed by atoms with Gasteiger partial charge in [0.25, 0.3) is 0 Å². The van der Waals surface area contributed by atoms with Crippen LogP contribution in [0.4, 0.5) is 0 Å². The first-order chi connectivity index (χ1) is 12.1. The van der Waals surface area contributed by atoms with E-state index in [1.807, 2.05) is 0 Å². The smallest absolute Gasteiger partial charge is 0.306 e. The van der Waals surface area contributed by atoms with Crippen molar-refractivity contribution in [1.29, 1.82) is 0 Å². The number of esters is 3. The van der Waals surface area contributed by atoms with Crippen LogP contribution < -0.4 is 0 Å². The van der Waals surface area contributed by atoms with Crippen molar-refractivity contribution in [2.75, 3.05) is 13.2 Å². The zero-order chi connectivity index (χ0) is 18.3. The van der Waals surface area contributed by atoms with Gasteiger partial charge in [0.05, 0.1) is 0 Å². The summed E-state index contributed by atoms with van der Waals surface area (Å²) in [6, 6.07) is 0. The van der Waals surface area contributed by atoms with Gasteiger partial charge in [0, 0.05) is 19.3 Å². The predicted molar refractivity (Wildman–Crippen MR) is 92.9 cm³/mol. The molecule has 0 aromatic carbocycles. The van der Waals surface area contributed by atoms with E-state index in [1.165, 1.54) is 19.3 Å². The van der Waals surface area contributed by atoms with E-state index in [4.69, 9.17) is 14.2 Å². The van der Waals surface area contributed by atoms with Gasteiger partial charge in [0.2, 0.25) is 0 Å². The summed E-state index contributed by atoms with van der Waals surface area (Å²) in [5.74, 6) is -1.01. The monoisotopic (exact) mass is 356 g/mol. The van der Waals surface area contributed by atoms with Crippen LogP contribution in [0.15, 0.2) is 0 Å². The highest BCUT2D eigenvalue weighted by Gasteiger charge is 2.18. The van der Waals surface area contributed by atoms with Crippen molar-refractivity contribution in [2.45, 2.75) is 90.1 Å². The number of ether oxygens (including phenoxy) is 3. The minimum atomic E-state index is -0.737. The third-order valence-corrected chi connectivity index (χ3v) is 4.21. The number of hydrogen-bond donors (Lipinski definition) is 0. The third-order valence-electron chi connectivity index (χ3n) is 4.21. The number of carbonyl (C=O) groups excluding carboxylic acids is 3. The van der Waals surface area contributed by atoms with Gasteiger partial charge in [-0.3, -0.25) is 14.4 Å². The summed E-state index contributed by atoms with van der Waals surface area (Å²) in [6.45, 7) is 1.54. The average molecular weight is 356 g/mol. The molecule has 1 aliphatic rings. The highest BCUT2D eigenvalue weighted by molar-refractivity contribution is 5.70. The van der Waals surface area contributed by atoms with Crippen LogP contribution in [0.2, 0.25) is 0 Å². The van der Waals surface area contributed by atoms with Crippen molar-refractivity contribution in [3.05, 3.63) is 0 Å². The summed E-state index contributed by atoms with van der Waals surface area (Å²) in [5.41, 5.74) is 0. The zero-order valence-electron chi connectivity index (χ0n) is 15.4. The van der Waals surface area contributed by atoms with E-state index in [-0.39, 0.29) is 31.6 Å². The van der Waals surface area contributed by atoms with Gasteiger partial charge in [0.15, 0.2) is 6.10 Å². The molecule has 25 heavy (non-hydrogen) atoms. The molecule has 0 unspecified atom stereocenters. The molecule has 6 heteroatoms. The Hall–Kier alpha value is -1.59. The molecule has 1 saturated heterocycles. The first-order valence-corrected chi connectivity index (χ1v) is 9.62. The normalized spacial score (nSPS) is 20.7. The molecule has 0 amide bonds. The summed E-state index contributed by atoms with van der Waals surface area (Å²) in [6.07, 6.45) is 9.76. The van der Waals surface area contributed by atoms with Gasteiger partial charge in [-0.25, -0.2) is 0 Å². The maximum absolute atomic E-state index is 11.8. The summed E-state index contributed by atoms with van der Waals surface area (Å²) in [5, 5.41) is 0. The van der Waals surface area contributed by atoms with E-state index in [2.05, 4.69) is 0 Å². The quantitative estimate of drug-likeness (QED) is 0.554. The number of cyclic esters (lactones) is 2. The Balaban J connectivity index is 2.49. The second-order valence-corrected chi connectivity index (χ2v) is 6.51. The molecule has 1 aliphatic heterocycles. The molecule has 144 valence electrons. The van der Waals surface area contributed by atoms with Gasteiger partial charge >= 0.3 is 17.9 Å². The molecular weight excluding hydrogens is 324 g/mol. The van der Waals surface area contributed by atoms with Crippen molar-refractivity contribution >= 4 is 17.9 Å². The lowest BCUT2D eigenvalue weighted by molar-refractivity contribution is -0.166. The first kappa shape index (κ1) is 21.5. The van der Waals surface area contributed by atoms with Crippen molar-refractivity contribution in [3.63, 3.8) is 0 Å². The van der Waals surface area contributed by atoms with Crippen LogP contribution in [0.25, 0.3) is 0 Å². The maximum atomic E-state index is 11.8. The molecule has 6 nitrogen and oxygen atoms in total. The fourth-order valence-electron chi connectivity index (χ4n) is 2.68. The molecule has 0 N–H and O–H groups in total. The van der Waals surface area contributed by atoms with E-state index < -0.39 is 12.1 Å². The van der Waals surface area contributed by atoms with Crippen LogP contribution in [0.1, 0.15) is 84.0 Å². The minimum Gasteiger partial charge on any atom is -0.462 e. The summed E-state index contributed by atoms with van der Waals surface area (Å²) >= 11 is 0. The largest absolute Gasteiger partial charge is 0.462 e. The Morgan fingerprint density at radius 1 is 0.840 bits per heavy atom. The Bertz CT molecular complexity index is 379. The lowest BCUT2D eigenvalue weighted by atomic mass is 10.1.